The van der Waals surface area contributed by atoms with Gasteiger partial charge in [-0.2, -0.15) is 0 Å². The Balaban J connectivity index is 2.00. The van der Waals surface area contributed by atoms with Crippen LogP contribution in [0, 0.1) is 0 Å². The zero-order valence-electron chi connectivity index (χ0n) is 11.9. The second kappa shape index (κ2) is 6.13. The highest BCUT2D eigenvalue weighted by atomic mass is 16.5. The molecule has 1 fully saturated rings. The summed E-state index contributed by atoms with van der Waals surface area (Å²) in [6, 6.07) is 5.42. The van der Waals surface area contributed by atoms with Crippen LogP contribution in [0.3, 0.4) is 0 Å². The first-order chi connectivity index (χ1) is 9.62. The van der Waals surface area contributed by atoms with Crippen LogP contribution >= 0.6 is 0 Å². The Hall–Kier alpha value is -1.75. The van der Waals surface area contributed by atoms with Crippen LogP contribution < -0.4 is 14.8 Å². The van der Waals surface area contributed by atoms with Gasteiger partial charge in [-0.1, -0.05) is 6.07 Å². The Kier molecular flexibility index (Phi) is 4.49. The Morgan fingerprint density at radius 1 is 1.30 bits per heavy atom. The monoisotopic (exact) mass is 279 g/mol. The van der Waals surface area contributed by atoms with E-state index in [0.717, 1.165) is 24.8 Å². The summed E-state index contributed by atoms with van der Waals surface area (Å²) in [5.74, 6) is 1.17. The molecule has 0 unspecified atom stereocenters. The molecule has 0 atom stereocenters. The molecule has 1 aromatic rings. The maximum Gasteiger partial charge on any atom is 0.224 e. The minimum atomic E-state index is -0.395. The topological polar surface area (TPSA) is 67.8 Å². The van der Waals surface area contributed by atoms with E-state index in [1.807, 2.05) is 6.07 Å². The minimum Gasteiger partial charge on any atom is -0.493 e. The first kappa shape index (κ1) is 14.7. The number of hydrogen-bond acceptors (Lipinski definition) is 4. The highest BCUT2D eigenvalue weighted by molar-refractivity contribution is 5.79. The van der Waals surface area contributed by atoms with Gasteiger partial charge in [0.2, 0.25) is 5.91 Å². The van der Waals surface area contributed by atoms with Crippen molar-refractivity contribution in [3.8, 4) is 11.5 Å². The number of nitrogens with one attached hydrogen (secondary N) is 1. The first-order valence-corrected chi connectivity index (χ1v) is 6.75. The lowest BCUT2D eigenvalue weighted by Crippen LogP contribution is -2.56. The van der Waals surface area contributed by atoms with Crippen LogP contribution in [0.25, 0.3) is 0 Å². The van der Waals surface area contributed by atoms with Crippen LogP contribution in [0.15, 0.2) is 18.2 Å². The highest BCUT2D eigenvalue weighted by Gasteiger charge is 2.37. The van der Waals surface area contributed by atoms with E-state index in [9.17, 15) is 9.90 Å². The lowest BCUT2D eigenvalue weighted by molar-refractivity contribution is -0.124. The minimum absolute atomic E-state index is 0.00464. The van der Waals surface area contributed by atoms with Gasteiger partial charge in [-0.3, -0.25) is 4.79 Å². The molecule has 0 radical (unpaired) electrons. The van der Waals surface area contributed by atoms with E-state index in [1.165, 1.54) is 0 Å². The van der Waals surface area contributed by atoms with Gasteiger partial charge in [0.1, 0.15) is 0 Å². The third-order valence-corrected chi connectivity index (χ3v) is 3.83. The van der Waals surface area contributed by atoms with Gasteiger partial charge in [-0.15, -0.1) is 0 Å². The molecular weight excluding hydrogens is 258 g/mol. The number of methoxy groups -OCH3 is 2. The molecule has 0 saturated heterocycles. The predicted octanol–water partition coefficient (Wildman–Crippen LogP) is 1.28. The number of ether oxygens (including phenoxy) is 2. The van der Waals surface area contributed by atoms with E-state index in [1.54, 1.807) is 26.4 Å². The van der Waals surface area contributed by atoms with E-state index in [2.05, 4.69) is 5.32 Å². The number of aliphatic hydroxyl groups is 1. The maximum absolute atomic E-state index is 12.0. The van der Waals surface area contributed by atoms with Crippen molar-refractivity contribution in [3.63, 3.8) is 0 Å². The highest BCUT2D eigenvalue weighted by Crippen LogP contribution is 2.31. The van der Waals surface area contributed by atoms with Crippen molar-refractivity contribution in [2.45, 2.75) is 31.2 Å². The van der Waals surface area contributed by atoms with Crippen molar-refractivity contribution in [3.05, 3.63) is 23.8 Å². The summed E-state index contributed by atoms with van der Waals surface area (Å²) in [7, 11) is 3.14. The summed E-state index contributed by atoms with van der Waals surface area (Å²) in [6.45, 7) is 0.00464. The number of hydrogen-bond donors (Lipinski definition) is 2. The van der Waals surface area contributed by atoms with Gasteiger partial charge in [0.05, 0.1) is 32.8 Å². The molecule has 1 aliphatic rings. The van der Waals surface area contributed by atoms with E-state index in [4.69, 9.17) is 9.47 Å². The Labute approximate surface area is 118 Å². The molecule has 2 rings (SSSR count). The Bertz CT molecular complexity index is 477. The summed E-state index contributed by atoms with van der Waals surface area (Å²) in [5, 5.41) is 12.3. The van der Waals surface area contributed by atoms with Gasteiger partial charge in [0, 0.05) is 0 Å². The molecule has 20 heavy (non-hydrogen) atoms. The summed E-state index contributed by atoms with van der Waals surface area (Å²) >= 11 is 0. The summed E-state index contributed by atoms with van der Waals surface area (Å²) in [4.78, 5) is 12.0. The standard InChI is InChI=1S/C15H21NO4/c1-19-12-5-4-11(8-13(12)20-2)9-14(18)16-15(10-17)6-3-7-15/h4-5,8,17H,3,6-7,9-10H2,1-2H3,(H,16,18). The molecule has 1 aromatic carbocycles. The normalized spacial score (nSPS) is 16.1. The molecule has 0 spiro atoms. The molecular formula is C15H21NO4. The quantitative estimate of drug-likeness (QED) is 0.823. The molecule has 1 aliphatic carbocycles. The number of amides is 1. The van der Waals surface area contributed by atoms with Crippen LogP contribution in [0.2, 0.25) is 0 Å². The fraction of sp³-hybridized carbons (Fsp3) is 0.533. The summed E-state index contributed by atoms with van der Waals surface area (Å²) < 4.78 is 10.4. The third-order valence-electron chi connectivity index (χ3n) is 3.83. The van der Waals surface area contributed by atoms with Crippen molar-refractivity contribution in [2.24, 2.45) is 0 Å². The predicted molar refractivity (Wildman–Crippen MR) is 75.1 cm³/mol. The second-order valence-corrected chi connectivity index (χ2v) is 5.21. The van der Waals surface area contributed by atoms with Crippen LogP contribution in [0.1, 0.15) is 24.8 Å². The van der Waals surface area contributed by atoms with Gasteiger partial charge in [0.15, 0.2) is 11.5 Å². The zero-order chi connectivity index (χ0) is 14.6. The Morgan fingerprint density at radius 2 is 2.00 bits per heavy atom. The molecule has 0 heterocycles. The SMILES string of the molecule is COc1ccc(CC(=O)NC2(CO)CCC2)cc1OC. The Morgan fingerprint density at radius 3 is 2.50 bits per heavy atom. The van der Waals surface area contributed by atoms with E-state index in [0.29, 0.717) is 11.5 Å². The van der Waals surface area contributed by atoms with Gasteiger partial charge in [-0.25, -0.2) is 0 Å². The van der Waals surface area contributed by atoms with Gasteiger partial charge >= 0.3 is 0 Å². The molecule has 1 amide bonds. The smallest absolute Gasteiger partial charge is 0.224 e. The fourth-order valence-electron chi connectivity index (χ4n) is 2.44. The van der Waals surface area contributed by atoms with Crippen molar-refractivity contribution >= 4 is 5.91 Å². The molecule has 0 aromatic heterocycles. The molecule has 0 aliphatic heterocycles. The second-order valence-electron chi connectivity index (χ2n) is 5.21. The van der Waals surface area contributed by atoms with Crippen molar-refractivity contribution in [2.75, 3.05) is 20.8 Å². The van der Waals surface area contributed by atoms with Crippen LogP contribution in [-0.2, 0) is 11.2 Å². The maximum atomic E-state index is 12.0. The third kappa shape index (κ3) is 3.04. The molecule has 2 N–H and O–H groups in total. The lowest BCUT2D eigenvalue weighted by Gasteiger charge is -2.41. The van der Waals surface area contributed by atoms with Crippen molar-refractivity contribution < 1.29 is 19.4 Å². The fourth-order valence-corrected chi connectivity index (χ4v) is 2.44. The number of carbonyl (C=O) groups is 1. The van der Waals surface area contributed by atoms with Gasteiger partial charge in [0.25, 0.3) is 0 Å². The lowest BCUT2D eigenvalue weighted by atomic mass is 9.77. The van der Waals surface area contributed by atoms with Crippen LogP contribution in [-0.4, -0.2) is 37.4 Å². The number of carbonyl (C=O) groups excluding carboxylic acids is 1. The van der Waals surface area contributed by atoms with Crippen LogP contribution in [0.4, 0.5) is 0 Å². The van der Waals surface area contributed by atoms with E-state index >= 15 is 0 Å². The number of rotatable bonds is 6. The first-order valence-electron chi connectivity index (χ1n) is 6.75. The van der Waals surface area contributed by atoms with Crippen LogP contribution in [0.5, 0.6) is 11.5 Å². The molecule has 5 heteroatoms. The summed E-state index contributed by atoms with van der Waals surface area (Å²) in [6.07, 6.45) is 3.02. The average Bonchev–Trinajstić information content (AvgIpc) is 2.42. The molecule has 5 nitrogen and oxygen atoms in total. The average molecular weight is 279 g/mol. The number of aliphatic hydroxyl groups excluding tert-OH is 1. The largest absolute Gasteiger partial charge is 0.493 e. The zero-order valence-corrected chi connectivity index (χ0v) is 11.9. The van der Waals surface area contributed by atoms with E-state index in [-0.39, 0.29) is 18.9 Å². The molecule has 0 bridgehead atoms. The number of benzene rings is 1. The summed E-state index contributed by atoms with van der Waals surface area (Å²) in [5.41, 5.74) is 0.459. The molecule has 1 saturated carbocycles. The van der Waals surface area contributed by atoms with Crippen molar-refractivity contribution in [1.29, 1.82) is 0 Å². The van der Waals surface area contributed by atoms with Gasteiger partial charge < -0.3 is 19.9 Å². The van der Waals surface area contributed by atoms with E-state index < -0.39 is 5.54 Å². The van der Waals surface area contributed by atoms with Gasteiger partial charge in [-0.05, 0) is 37.0 Å². The molecule has 110 valence electrons. The van der Waals surface area contributed by atoms with Crippen molar-refractivity contribution in [1.82, 2.24) is 5.32 Å².